The molecule has 0 aromatic rings. The van der Waals surface area contributed by atoms with Gasteiger partial charge in [-0.3, -0.25) is 14.9 Å². The lowest BCUT2D eigenvalue weighted by atomic mass is 10.1. The highest BCUT2D eigenvalue weighted by molar-refractivity contribution is 5.95. The summed E-state index contributed by atoms with van der Waals surface area (Å²) in [7, 11) is 0. The molecule has 3 amide bonds. The smallest absolute Gasteiger partial charge is 0.321 e. The average Bonchev–Trinajstić information content (AvgIpc) is 2.35. The van der Waals surface area contributed by atoms with Crippen LogP contribution in [0.2, 0.25) is 0 Å². The first-order valence-electron chi connectivity index (χ1n) is 6.85. The molecule has 6 nitrogen and oxygen atoms in total. The molecule has 0 heterocycles. The van der Waals surface area contributed by atoms with E-state index in [1.54, 1.807) is 0 Å². The van der Waals surface area contributed by atoms with Gasteiger partial charge in [0.1, 0.15) is 0 Å². The van der Waals surface area contributed by atoms with Gasteiger partial charge in [0.25, 0.3) is 0 Å². The zero-order valence-corrected chi connectivity index (χ0v) is 11.5. The highest BCUT2D eigenvalue weighted by atomic mass is 16.4. The molecule has 0 atom stereocenters. The second kappa shape index (κ2) is 11.5. The summed E-state index contributed by atoms with van der Waals surface area (Å²) in [5.74, 6) is -1.62. The standard InChI is InChI=1S/C13H24N2O4/c1-2-3-4-5-6-7-10-14-13(19)15-11(16)8-9-12(17)18/h2-10H2,1H3,(H,17,18)(H2,14,15,16,19). The Hall–Kier alpha value is -1.59. The summed E-state index contributed by atoms with van der Waals surface area (Å²) in [5, 5.41) is 13.0. The Morgan fingerprint density at radius 2 is 1.58 bits per heavy atom. The Morgan fingerprint density at radius 3 is 2.21 bits per heavy atom. The number of unbranched alkanes of at least 4 members (excludes halogenated alkanes) is 5. The van der Waals surface area contributed by atoms with Crippen LogP contribution in [0.25, 0.3) is 0 Å². The summed E-state index contributed by atoms with van der Waals surface area (Å²) in [4.78, 5) is 32.6. The Morgan fingerprint density at radius 1 is 0.947 bits per heavy atom. The summed E-state index contributed by atoms with van der Waals surface area (Å²) < 4.78 is 0. The van der Waals surface area contributed by atoms with E-state index < -0.39 is 17.9 Å². The van der Waals surface area contributed by atoms with Gasteiger partial charge in [-0.05, 0) is 6.42 Å². The summed E-state index contributed by atoms with van der Waals surface area (Å²) in [6.45, 7) is 2.69. The molecule has 0 aromatic heterocycles. The van der Waals surface area contributed by atoms with Crippen molar-refractivity contribution in [2.75, 3.05) is 6.54 Å². The third-order valence-electron chi connectivity index (χ3n) is 2.63. The minimum absolute atomic E-state index is 0.181. The molecule has 0 aliphatic rings. The Labute approximate surface area is 113 Å². The quantitative estimate of drug-likeness (QED) is 0.530. The Balaban J connectivity index is 3.43. The van der Waals surface area contributed by atoms with Crippen LogP contribution in [0.4, 0.5) is 4.79 Å². The number of imide groups is 1. The molecule has 0 fully saturated rings. The molecule has 0 saturated carbocycles. The van der Waals surface area contributed by atoms with E-state index in [4.69, 9.17) is 5.11 Å². The first-order chi connectivity index (χ1) is 9.06. The molecule has 6 heteroatoms. The lowest BCUT2D eigenvalue weighted by Gasteiger charge is -2.06. The highest BCUT2D eigenvalue weighted by Crippen LogP contribution is 2.03. The number of rotatable bonds is 10. The molecular formula is C13H24N2O4. The summed E-state index contributed by atoms with van der Waals surface area (Å²) >= 11 is 0. The van der Waals surface area contributed by atoms with Gasteiger partial charge in [0.05, 0.1) is 6.42 Å². The molecule has 0 aliphatic carbocycles. The van der Waals surface area contributed by atoms with E-state index in [0.717, 1.165) is 19.3 Å². The predicted octanol–water partition coefficient (Wildman–Crippen LogP) is 2.04. The number of amides is 3. The van der Waals surface area contributed by atoms with Crippen molar-refractivity contribution in [1.82, 2.24) is 10.6 Å². The van der Waals surface area contributed by atoms with Crippen molar-refractivity contribution in [1.29, 1.82) is 0 Å². The summed E-state index contributed by atoms with van der Waals surface area (Å²) in [5.41, 5.74) is 0. The van der Waals surface area contributed by atoms with Gasteiger partial charge in [0.15, 0.2) is 0 Å². The van der Waals surface area contributed by atoms with Gasteiger partial charge >= 0.3 is 12.0 Å². The van der Waals surface area contributed by atoms with E-state index in [-0.39, 0.29) is 12.8 Å². The molecule has 0 saturated heterocycles. The van der Waals surface area contributed by atoms with Crippen LogP contribution in [0.1, 0.15) is 58.3 Å². The fraction of sp³-hybridized carbons (Fsp3) is 0.769. The number of aliphatic carboxylic acids is 1. The number of carboxylic acid groups (broad SMARTS) is 1. The fourth-order valence-electron chi connectivity index (χ4n) is 1.56. The van der Waals surface area contributed by atoms with Crippen LogP contribution in [-0.2, 0) is 9.59 Å². The minimum Gasteiger partial charge on any atom is -0.481 e. The van der Waals surface area contributed by atoms with Gasteiger partial charge in [0.2, 0.25) is 5.91 Å². The van der Waals surface area contributed by atoms with Gasteiger partial charge in [-0.1, -0.05) is 39.0 Å². The zero-order chi connectivity index (χ0) is 14.5. The molecule has 0 unspecified atom stereocenters. The largest absolute Gasteiger partial charge is 0.481 e. The van der Waals surface area contributed by atoms with Gasteiger partial charge in [-0.25, -0.2) is 4.79 Å². The van der Waals surface area contributed by atoms with Crippen LogP contribution >= 0.6 is 0 Å². The molecule has 0 rings (SSSR count). The van der Waals surface area contributed by atoms with Crippen LogP contribution < -0.4 is 10.6 Å². The van der Waals surface area contributed by atoms with Crippen molar-refractivity contribution in [3.8, 4) is 0 Å². The fourth-order valence-corrected chi connectivity index (χ4v) is 1.56. The SMILES string of the molecule is CCCCCCCCNC(=O)NC(=O)CCC(=O)O. The molecule has 0 radical (unpaired) electrons. The number of carbonyl (C=O) groups is 3. The highest BCUT2D eigenvalue weighted by Gasteiger charge is 2.08. The molecule has 0 aromatic carbocycles. The van der Waals surface area contributed by atoms with Gasteiger partial charge < -0.3 is 10.4 Å². The first kappa shape index (κ1) is 17.4. The molecular weight excluding hydrogens is 248 g/mol. The van der Waals surface area contributed by atoms with Crippen molar-refractivity contribution in [3.05, 3.63) is 0 Å². The van der Waals surface area contributed by atoms with Crippen molar-refractivity contribution in [2.45, 2.75) is 58.3 Å². The lowest BCUT2D eigenvalue weighted by Crippen LogP contribution is -2.39. The van der Waals surface area contributed by atoms with Crippen LogP contribution in [0, 0.1) is 0 Å². The third-order valence-corrected chi connectivity index (χ3v) is 2.63. The van der Waals surface area contributed by atoms with Crippen molar-refractivity contribution < 1.29 is 19.5 Å². The lowest BCUT2D eigenvalue weighted by molar-refractivity contribution is -0.138. The minimum atomic E-state index is -1.05. The van der Waals surface area contributed by atoms with E-state index in [1.165, 1.54) is 19.3 Å². The van der Waals surface area contributed by atoms with Crippen molar-refractivity contribution in [2.24, 2.45) is 0 Å². The molecule has 0 aliphatic heterocycles. The molecule has 0 spiro atoms. The predicted molar refractivity (Wildman–Crippen MR) is 71.8 cm³/mol. The third kappa shape index (κ3) is 12.7. The Bertz CT molecular complexity index is 292. The topological polar surface area (TPSA) is 95.5 Å². The number of nitrogens with one attached hydrogen (secondary N) is 2. The van der Waals surface area contributed by atoms with E-state index in [2.05, 4.69) is 17.6 Å². The van der Waals surface area contributed by atoms with E-state index >= 15 is 0 Å². The first-order valence-corrected chi connectivity index (χ1v) is 6.85. The maximum Gasteiger partial charge on any atom is 0.321 e. The maximum absolute atomic E-state index is 11.2. The van der Waals surface area contributed by atoms with Crippen LogP contribution in [0.15, 0.2) is 0 Å². The van der Waals surface area contributed by atoms with E-state index in [0.29, 0.717) is 6.54 Å². The van der Waals surface area contributed by atoms with Crippen LogP contribution in [-0.4, -0.2) is 29.6 Å². The zero-order valence-electron chi connectivity index (χ0n) is 11.5. The molecule has 3 N–H and O–H groups in total. The van der Waals surface area contributed by atoms with Gasteiger partial charge in [-0.2, -0.15) is 0 Å². The van der Waals surface area contributed by atoms with Gasteiger partial charge in [-0.15, -0.1) is 0 Å². The van der Waals surface area contributed by atoms with Crippen molar-refractivity contribution in [3.63, 3.8) is 0 Å². The number of carbonyl (C=O) groups excluding carboxylic acids is 2. The summed E-state index contributed by atoms with van der Waals surface area (Å²) in [6, 6.07) is -0.552. The number of urea groups is 1. The second-order valence-corrected chi connectivity index (χ2v) is 4.47. The van der Waals surface area contributed by atoms with E-state index in [9.17, 15) is 14.4 Å². The number of hydrogen-bond donors (Lipinski definition) is 3. The molecule has 110 valence electrons. The van der Waals surface area contributed by atoms with E-state index in [1.807, 2.05) is 0 Å². The average molecular weight is 272 g/mol. The van der Waals surface area contributed by atoms with Crippen molar-refractivity contribution >= 4 is 17.9 Å². The molecule has 0 bridgehead atoms. The Kier molecular flexibility index (Phi) is 10.5. The monoisotopic (exact) mass is 272 g/mol. The molecule has 19 heavy (non-hydrogen) atoms. The van der Waals surface area contributed by atoms with Gasteiger partial charge in [0, 0.05) is 13.0 Å². The normalized spacial score (nSPS) is 9.95. The number of carboxylic acids is 1. The van der Waals surface area contributed by atoms with Crippen LogP contribution in [0.5, 0.6) is 0 Å². The van der Waals surface area contributed by atoms with Crippen LogP contribution in [0.3, 0.4) is 0 Å². The second-order valence-electron chi connectivity index (χ2n) is 4.47. The number of hydrogen-bond acceptors (Lipinski definition) is 3. The maximum atomic E-state index is 11.2. The summed E-state index contributed by atoms with van der Waals surface area (Å²) in [6.07, 6.45) is 6.33.